The molecule has 0 bridgehead atoms. The molecule has 4 rings (SSSR count). The largest absolute Gasteiger partial charge is 0.483 e. The van der Waals surface area contributed by atoms with E-state index in [1.807, 2.05) is 6.20 Å². The first-order chi connectivity index (χ1) is 13.1. The van der Waals surface area contributed by atoms with E-state index in [2.05, 4.69) is 25.8 Å². The van der Waals surface area contributed by atoms with Gasteiger partial charge in [0.05, 0.1) is 6.20 Å². The number of halogens is 1. The van der Waals surface area contributed by atoms with Crippen LogP contribution in [0.5, 0.6) is 0 Å². The van der Waals surface area contributed by atoms with Crippen molar-refractivity contribution in [2.24, 2.45) is 0 Å². The normalized spacial score (nSPS) is 18.3. The van der Waals surface area contributed by atoms with Crippen molar-refractivity contribution in [2.75, 3.05) is 0 Å². The average molecular weight is 374 g/mol. The molecule has 1 amide bonds. The van der Waals surface area contributed by atoms with Gasteiger partial charge in [-0.15, -0.1) is 0 Å². The Kier molecular flexibility index (Phi) is 5.77. The van der Waals surface area contributed by atoms with E-state index in [9.17, 15) is 9.18 Å². The van der Waals surface area contributed by atoms with Crippen LogP contribution < -0.4 is 10.6 Å². The zero-order chi connectivity index (χ0) is 19.2. The Morgan fingerprint density at radius 1 is 1.37 bits per heavy atom. The van der Waals surface area contributed by atoms with E-state index in [1.54, 1.807) is 18.5 Å². The van der Waals surface area contributed by atoms with Crippen LogP contribution in [0.25, 0.3) is 5.65 Å². The number of carbonyl (C=O) groups is 2. The molecule has 27 heavy (non-hydrogen) atoms. The molecule has 4 N–H and O–H groups in total. The fraction of sp³-hybridized carbons (Fsp3) is 0.294. The van der Waals surface area contributed by atoms with Crippen molar-refractivity contribution in [1.29, 1.82) is 0 Å². The Bertz CT molecular complexity index is 905. The number of hydrogen-bond acceptors (Lipinski definition) is 5. The molecule has 0 saturated heterocycles. The van der Waals surface area contributed by atoms with Crippen LogP contribution in [-0.2, 0) is 11.3 Å². The van der Waals surface area contributed by atoms with E-state index in [0.717, 1.165) is 24.9 Å². The highest BCUT2D eigenvalue weighted by molar-refractivity contribution is 5.93. The van der Waals surface area contributed by atoms with Crippen LogP contribution in [0.3, 0.4) is 0 Å². The van der Waals surface area contributed by atoms with Crippen LogP contribution in [-0.4, -0.2) is 49.2 Å². The second-order valence-corrected chi connectivity index (χ2v) is 6.17. The number of aromatic nitrogens is 4. The third-order valence-corrected chi connectivity index (χ3v) is 4.27. The fourth-order valence-electron chi connectivity index (χ4n) is 2.87. The molecule has 1 fully saturated rings. The number of nitrogens with zero attached hydrogens (tertiary/aromatic N) is 3. The van der Waals surface area contributed by atoms with Gasteiger partial charge in [-0.3, -0.25) is 14.7 Å². The van der Waals surface area contributed by atoms with Crippen LogP contribution in [0.2, 0.25) is 0 Å². The maximum Gasteiger partial charge on any atom is 0.290 e. The number of rotatable bonds is 5. The molecule has 3 heterocycles. The van der Waals surface area contributed by atoms with Gasteiger partial charge in [-0.1, -0.05) is 0 Å². The number of pyridine rings is 1. The van der Waals surface area contributed by atoms with Crippen LogP contribution >= 0.6 is 0 Å². The highest BCUT2D eigenvalue weighted by Gasteiger charge is 2.30. The van der Waals surface area contributed by atoms with Crippen molar-refractivity contribution in [3.05, 3.63) is 54.0 Å². The summed E-state index contributed by atoms with van der Waals surface area (Å²) >= 11 is 0. The van der Waals surface area contributed by atoms with E-state index in [4.69, 9.17) is 9.90 Å². The molecule has 0 unspecified atom stereocenters. The molecule has 3 aromatic rings. The zero-order valence-electron chi connectivity index (χ0n) is 14.3. The summed E-state index contributed by atoms with van der Waals surface area (Å²) in [5.41, 5.74) is 1.96. The maximum atomic E-state index is 13.2. The molecule has 1 aliphatic rings. The number of imidazole rings is 1. The molecule has 0 aliphatic heterocycles. The molecule has 0 aromatic carbocycles. The number of hydrogen-bond donors (Lipinski definition) is 4. The molecule has 1 aliphatic carbocycles. The fourth-order valence-corrected chi connectivity index (χ4v) is 2.87. The molecule has 1 saturated carbocycles. The van der Waals surface area contributed by atoms with E-state index in [1.165, 1.54) is 16.7 Å². The number of carbonyl (C=O) groups excluding carboxylic acids is 1. The number of nitrogens with one attached hydrogen (secondary N) is 3. The summed E-state index contributed by atoms with van der Waals surface area (Å²) in [6, 6.07) is 3.40. The number of H-pyrrole nitrogens is 1. The number of carboxylic acid groups (broad SMARTS) is 1. The van der Waals surface area contributed by atoms with E-state index in [-0.39, 0.29) is 24.2 Å². The lowest BCUT2D eigenvalue weighted by Gasteiger charge is -2.36. The highest BCUT2D eigenvalue weighted by atomic mass is 19.1. The standard InChI is InChI=1S/C16H17FN6O.CH2O2/c17-11-1-2-15-22-14(9-23(15)8-11)16(24)21-13-3-12(4-13)18-5-10-6-19-20-7-10;2-1-3/h1-2,6-9,12-13,18H,3-5H2,(H,19,20)(H,21,24);1H,(H,2,3). The maximum absolute atomic E-state index is 13.2. The van der Waals surface area contributed by atoms with Gasteiger partial charge in [-0.2, -0.15) is 5.10 Å². The minimum Gasteiger partial charge on any atom is -0.483 e. The minimum atomic E-state index is -0.364. The van der Waals surface area contributed by atoms with Gasteiger partial charge in [-0.05, 0) is 25.0 Å². The molecule has 3 aromatic heterocycles. The number of aromatic amines is 1. The van der Waals surface area contributed by atoms with Crippen LogP contribution in [0.4, 0.5) is 4.39 Å². The van der Waals surface area contributed by atoms with Gasteiger partial charge in [0.15, 0.2) is 0 Å². The molecule has 9 nitrogen and oxygen atoms in total. The van der Waals surface area contributed by atoms with Gasteiger partial charge in [0.1, 0.15) is 17.2 Å². The van der Waals surface area contributed by atoms with Crippen molar-refractivity contribution in [3.8, 4) is 0 Å². The molecule has 142 valence electrons. The van der Waals surface area contributed by atoms with Crippen molar-refractivity contribution in [2.45, 2.75) is 31.5 Å². The second-order valence-electron chi connectivity index (χ2n) is 6.17. The summed E-state index contributed by atoms with van der Waals surface area (Å²) in [6.07, 6.45) is 8.25. The smallest absolute Gasteiger partial charge is 0.290 e. The van der Waals surface area contributed by atoms with Crippen molar-refractivity contribution in [3.63, 3.8) is 0 Å². The van der Waals surface area contributed by atoms with Crippen molar-refractivity contribution in [1.82, 2.24) is 30.2 Å². The minimum absolute atomic E-state index is 0.140. The van der Waals surface area contributed by atoms with E-state index < -0.39 is 0 Å². The Labute approximate surface area is 153 Å². The van der Waals surface area contributed by atoms with Crippen LogP contribution in [0.15, 0.2) is 36.9 Å². The number of amides is 1. The summed E-state index contributed by atoms with van der Waals surface area (Å²) < 4.78 is 14.7. The van der Waals surface area contributed by atoms with Crippen molar-refractivity contribution < 1.29 is 19.1 Å². The average Bonchev–Trinajstić information content (AvgIpc) is 3.26. The summed E-state index contributed by atoms with van der Waals surface area (Å²) in [7, 11) is 0. The van der Waals surface area contributed by atoms with Gasteiger partial charge in [0.25, 0.3) is 12.4 Å². The molecule has 0 spiro atoms. The first kappa shape index (κ1) is 18.5. The summed E-state index contributed by atoms with van der Waals surface area (Å²) in [5.74, 6) is -0.588. The summed E-state index contributed by atoms with van der Waals surface area (Å²) in [4.78, 5) is 24.8. The predicted molar refractivity (Wildman–Crippen MR) is 93.5 cm³/mol. The lowest BCUT2D eigenvalue weighted by atomic mass is 9.86. The Balaban J connectivity index is 0.000000659. The van der Waals surface area contributed by atoms with E-state index in [0.29, 0.717) is 17.4 Å². The van der Waals surface area contributed by atoms with Gasteiger partial charge in [0, 0.05) is 42.8 Å². The monoisotopic (exact) mass is 374 g/mol. The molecule has 0 radical (unpaired) electrons. The van der Waals surface area contributed by atoms with Gasteiger partial charge < -0.3 is 20.1 Å². The molecule has 10 heteroatoms. The van der Waals surface area contributed by atoms with Crippen LogP contribution in [0.1, 0.15) is 28.9 Å². The third kappa shape index (κ3) is 4.67. The Morgan fingerprint density at radius 2 is 2.15 bits per heavy atom. The molecule has 0 atom stereocenters. The lowest BCUT2D eigenvalue weighted by Crippen LogP contribution is -2.52. The van der Waals surface area contributed by atoms with E-state index >= 15 is 0 Å². The lowest BCUT2D eigenvalue weighted by molar-refractivity contribution is -0.122. The van der Waals surface area contributed by atoms with Gasteiger partial charge in [-0.25, -0.2) is 9.37 Å². The summed E-state index contributed by atoms with van der Waals surface area (Å²) in [6.45, 7) is 0.514. The highest BCUT2D eigenvalue weighted by Crippen LogP contribution is 2.21. The zero-order valence-corrected chi connectivity index (χ0v) is 14.3. The van der Waals surface area contributed by atoms with Gasteiger partial charge in [0.2, 0.25) is 0 Å². The Morgan fingerprint density at radius 3 is 2.85 bits per heavy atom. The second kappa shape index (κ2) is 8.41. The SMILES string of the molecule is O=C(NC1CC(NCc2cn[nH]c2)C1)c1cn2cc(F)ccc2n1.O=CO. The number of fused-ring (bicyclic) bond motifs is 1. The van der Waals surface area contributed by atoms with Gasteiger partial charge >= 0.3 is 0 Å². The molecular formula is C17H19FN6O3. The van der Waals surface area contributed by atoms with Crippen molar-refractivity contribution >= 4 is 18.0 Å². The Hall–Kier alpha value is -3.27. The first-order valence-corrected chi connectivity index (χ1v) is 8.33. The predicted octanol–water partition coefficient (Wildman–Crippen LogP) is 0.948. The topological polar surface area (TPSA) is 124 Å². The third-order valence-electron chi connectivity index (χ3n) is 4.27. The summed E-state index contributed by atoms with van der Waals surface area (Å²) in [5, 5.41) is 20.0. The first-order valence-electron chi connectivity index (χ1n) is 8.33. The quantitative estimate of drug-likeness (QED) is 0.493. The molecular weight excluding hydrogens is 355 g/mol. The van der Waals surface area contributed by atoms with Crippen LogP contribution in [0, 0.1) is 5.82 Å².